The first-order valence-electron chi connectivity index (χ1n) is 6.23. The molecule has 0 N–H and O–H groups in total. The molecule has 0 heteroatoms. The average Bonchev–Trinajstić information content (AvgIpc) is 2.40. The van der Waals surface area contributed by atoms with Gasteiger partial charge in [-0.2, -0.15) is 0 Å². The fraction of sp³-hybridized carbons (Fsp3) is 0.294. The lowest BCUT2D eigenvalue weighted by molar-refractivity contribution is 0.697. The Morgan fingerprint density at radius 3 is 2.59 bits per heavy atom. The van der Waals surface area contributed by atoms with Crippen molar-refractivity contribution in [2.45, 2.75) is 32.6 Å². The summed E-state index contributed by atoms with van der Waals surface area (Å²) in [6, 6.07) is 10.5. The first kappa shape index (κ1) is 11.7. The number of benzene rings is 1. The summed E-state index contributed by atoms with van der Waals surface area (Å²) < 4.78 is 0. The van der Waals surface area contributed by atoms with Crippen LogP contribution in [-0.4, -0.2) is 0 Å². The number of allylic oxidation sites excluding steroid dienone is 4. The van der Waals surface area contributed by atoms with Crippen LogP contribution in [0.3, 0.4) is 0 Å². The molecule has 1 aliphatic carbocycles. The molecule has 0 spiro atoms. The number of rotatable bonds is 2. The smallest absolute Gasteiger partial charge is 0.00497 e. The molecule has 0 unspecified atom stereocenters. The molecule has 2 rings (SSSR count). The molecule has 86 valence electrons. The van der Waals surface area contributed by atoms with Gasteiger partial charge in [-0.3, -0.25) is 0 Å². The van der Waals surface area contributed by atoms with Crippen molar-refractivity contribution >= 4 is 5.57 Å². The lowest BCUT2D eigenvalue weighted by Gasteiger charge is -2.14. The highest BCUT2D eigenvalue weighted by atomic mass is 14.1. The van der Waals surface area contributed by atoms with Gasteiger partial charge in [0.1, 0.15) is 0 Å². The van der Waals surface area contributed by atoms with Crippen LogP contribution in [0.4, 0.5) is 0 Å². The minimum atomic E-state index is 1.07. The molecule has 0 aliphatic heterocycles. The summed E-state index contributed by atoms with van der Waals surface area (Å²) >= 11 is 0. The number of hydrogen-bond acceptors (Lipinski definition) is 0. The van der Waals surface area contributed by atoms with Gasteiger partial charge in [-0.25, -0.2) is 0 Å². The highest BCUT2D eigenvalue weighted by Crippen LogP contribution is 2.27. The first-order valence-corrected chi connectivity index (χ1v) is 6.23. The van der Waals surface area contributed by atoms with Crippen molar-refractivity contribution in [1.29, 1.82) is 0 Å². The third kappa shape index (κ3) is 2.88. The van der Waals surface area contributed by atoms with E-state index in [1.165, 1.54) is 35.1 Å². The molecule has 1 aliphatic rings. The lowest BCUT2D eigenvalue weighted by atomic mass is 9.90. The molecular weight excluding hydrogens is 204 g/mol. The second kappa shape index (κ2) is 5.55. The van der Waals surface area contributed by atoms with Crippen LogP contribution in [0.5, 0.6) is 0 Å². The topological polar surface area (TPSA) is 0 Å². The standard InChI is InChI=1S/C17H18/c1-3-15-9-7-8-12-17(15)13-14(2)16-10-5-4-6-11-16/h1,4-6,10-11,13H,7-9,12H2,2H3/b14-13+. The Morgan fingerprint density at radius 1 is 1.18 bits per heavy atom. The highest BCUT2D eigenvalue weighted by molar-refractivity contribution is 5.67. The van der Waals surface area contributed by atoms with E-state index >= 15 is 0 Å². The Kier molecular flexibility index (Phi) is 3.83. The molecule has 1 aromatic rings. The van der Waals surface area contributed by atoms with Gasteiger partial charge in [0, 0.05) is 5.57 Å². The van der Waals surface area contributed by atoms with Crippen molar-refractivity contribution in [3.63, 3.8) is 0 Å². The van der Waals surface area contributed by atoms with Gasteiger partial charge in [0.05, 0.1) is 0 Å². The quantitative estimate of drug-likeness (QED) is 0.642. The zero-order valence-electron chi connectivity index (χ0n) is 10.4. The average molecular weight is 222 g/mol. The third-order valence-electron chi connectivity index (χ3n) is 3.30. The van der Waals surface area contributed by atoms with E-state index in [-0.39, 0.29) is 0 Å². The maximum absolute atomic E-state index is 5.57. The Balaban J connectivity index is 2.30. The zero-order valence-corrected chi connectivity index (χ0v) is 10.4. The number of terminal acetylenes is 1. The van der Waals surface area contributed by atoms with Crippen LogP contribution >= 0.6 is 0 Å². The van der Waals surface area contributed by atoms with Gasteiger partial charge in [0.2, 0.25) is 0 Å². The monoisotopic (exact) mass is 222 g/mol. The van der Waals surface area contributed by atoms with Crippen LogP contribution in [0.1, 0.15) is 38.2 Å². The van der Waals surface area contributed by atoms with Crippen LogP contribution in [-0.2, 0) is 0 Å². The molecule has 0 atom stereocenters. The van der Waals surface area contributed by atoms with Crippen molar-refractivity contribution in [1.82, 2.24) is 0 Å². The van der Waals surface area contributed by atoms with Gasteiger partial charge in [-0.1, -0.05) is 42.3 Å². The molecule has 0 bridgehead atoms. The van der Waals surface area contributed by atoms with Crippen molar-refractivity contribution < 1.29 is 0 Å². The molecule has 1 aromatic carbocycles. The summed E-state index contributed by atoms with van der Waals surface area (Å²) in [4.78, 5) is 0. The first-order chi connectivity index (χ1) is 8.31. The van der Waals surface area contributed by atoms with Crippen molar-refractivity contribution in [3.8, 4) is 12.3 Å². The molecule has 0 amide bonds. The third-order valence-corrected chi connectivity index (χ3v) is 3.30. The highest BCUT2D eigenvalue weighted by Gasteiger charge is 2.09. The molecule has 0 saturated carbocycles. The van der Waals surface area contributed by atoms with Crippen molar-refractivity contribution in [2.75, 3.05) is 0 Å². The second-order valence-electron chi connectivity index (χ2n) is 4.55. The fourth-order valence-corrected chi connectivity index (χ4v) is 2.30. The Bertz CT molecular complexity index is 481. The molecule has 0 saturated heterocycles. The largest absolute Gasteiger partial charge is 0.115 e. The minimum absolute atomic E-state index is 1.07. The SMILES string of the molecule is C#CC1=C(/C=C(\C)c2ccccc2)CCCC1. The fourth-order valence-electron chi connectivity index (χ4n) is 2.30. The van der Waals surface area contributed by atoms with E-state index in [0.29, 0.717) is 0 Å². The van der Waals surface area contributed by atoms with Crippen molar-refractivity contribution in [3.05, 3.63) is 53.1 Å². The van der Waals surface area contributed by atoms with E-state index in [2.05, 4.69) is 43.2 Å². The maximum Gasteiger partial charge on any atom is 0.00497 e. The van der Waals surface area contributed by atoms with Gasteiger partial charge < -0.3 is 0 Å². The Morgan fingerprint density at radius 2 is 1.88 bits per heavy atom. The van der Waals surface area contributed by atoms with E-state index < -0.39 is 0 Å². The molecule has 0 radical (unpaired) electrons. The van der Waals surface area contributed by atoms with Crippen LogP contribution in [0.25, 0.3) is 5.57 Å². The van der Waals surface area contributed by atoms with E-state index in [4.69, 9.17) is 6.42 Å². The van der Waals surface area contributed by atoms with E-state index in [1.807, 2.05) is 6.07 Å². The van der Waals surface area contributed by atoms with Crippen LogP contribution in [0.15, 0.2) is 47.6 Å². The normalized spacial score (nSPS) is 16.8. The molecule has 0 aromatic heterocycles. The second-order valence-corrected chi connectivity index (χ2v) is 4.55. The van der Waals surface area contributed by atoms with Crippen LogP contribution in [0, 0.1) is 12.3 Å². The molecule has 0 nitrogen and oxygen atoms in total. The van der Waals surface area contributed by atoms with Gasteiger partial charge >= 0.3 is 0 Å². The minimum Gasteiger partial charge on any atom is -0.115 e. The molecule has 17 heavy (non-hydrogen) atoms. The Labute approximate surface area is 104 Å². The van der Waals surface area contributed by atoms with Crippen molar-refractivity contribution in [2.24, 2.45) is 0 Å². The van der Waals surface area contributed by atoms with Gasteiger partial charge in [0.25, 0.3) is 0 Å². The Hall–Kier alpha value is -1.74. The molecule has 0 fully saturated rings. The molecular formula is C17H18. The molecule has 0 heterocycles. The summed E-state index contributed by atoms with van der Waals surface area (Å²) in [5.41, 5.74) is 5.14. The summed E-state index contributed by atoms with van der Waals surface area (Å²) in [5.74, 6) is 2.85. The van der Waals surface area contributed by atoms with E-state index in [1.54, 1.807) is 0 Å². The maximum atomic E-state index is 5.57. The zero-order chi connectivity index (χ0) is 12.1. The van der Waals surface area contributed by atoms with E-state index in [9.17, 15) is 0 Å². The summed E-state index contributed by atoms with van der Waals surface area (Å²) in [5, 5.41) is 0. The number of hydrogen-bond donors (Lipinski definition) is 0. The van der Waals surface area contributed by atoms with Gasteiger partial charge in [-0.15, -0.1) is 6.42 Å². The predicted octanol–water partition coefficient (Wildman–Crippen LogP) is 4.59. The van der Waals surface area contributed by atoms with Gasteiger partial charge in [0.15, 0.2) is 0 Å². The van der Waals surface area contributed by atoms with Crippen LogP contribution < -0.4 is 0 Å². The summed E-state index contributed by atoms with van der Waals surface area (Å²) in [7, 11) is 0. The summed E-state index contributed by atoms with van der Waals surface area (Å²) in [6.45, 7) is 2.16. The lowest BCUT2D eigenvalue weighted by Crippen LogP contribution is -1.97. The predicted molar refractivity (Wildman–Crippen MR) is 74.4 cm³/mol. The van der Waals surface area contributed by atoms with Crippen LogP contribution in [0.2, 0.25) is 0 Å². The van der Waals surface area contributed by atoms with E-state index in [0.717, 1.165) is 12.8 Å². The summed E-state index contributed by atoms with van der Waals surface area (Å²) in [6.07, 6.45) is 12.5. The van der Waals surface area contributed by atoms with Gasteiger partial charge in [-0.05, 0) is 49.3 Å².